The smallest absolute Gasteiger partial charge is 0.320 e. The Hall–Kier alpha value is -1.86. The highest BCUT2D eigenvalue weighted by molar-refractivity contribution is 5.73. The van der Waals surface area contributed by atoms with Crippen LogP contribution in [0.4, 0.5) is 0 Å². The van der Waals surface area contributed by atoms with Gasteiger partial charge >= 0.3 is 5.97 Å². The van der Waals surface area contributed by atoms with Gasteiger partial charge in [-0.3, -0.25) is 4.79 Å². The molecule has 1 saturated carbocycles. The van der Waals surface area contributed by atoms with E-state index < -0.39 is 17.4 Å². The normalized spacial score (nSPS) is 25.5. The average molecular weight is 314 g/mol. The van der Waals surface area contributed by atoms with Gasteiger partial charge in [0.2, 0.25) is 0 Å². The van der Waals surface area contributed by atoms with Crippen molar-refractivity contribution in [1.82, 2.24) is 5.32 Å². The van der Waals surface area contributed by atoms with Gasteiger partial charge in [0, 0.05) is 6.04 Å². The number of rotatable bonds is 7. The first-order chi connectivity index (χ1) is 11.1. The molecule has 1 aromatic carbocycles. The number of nitriles is 1. The van der Waals surface area contributed by atoms with E-state index in [1.54, 1.807) is 0 Å². The first kappa shape index (κ1) is 17.5. The van der Waals surface area contributed by atoms with Gasteiger partial charge in [0.05, 0.1) is 11.5 Å². The lowest BCUT2D eigenvalue weighted by atomic mass is 9.69. The Morgan fingerprint density at radius 2 is 2.04 bits per heavy atom. The van der Waals surface area contributed by atoms with E-state index >= 15 is 0 Å². The second-order valence-corrected chi connectivity index (χ2v) is 6.53. The Balaban J connectivity index is 1.97. The molecule has 2 N–H and O–H groups in total. The topological polar surface area (TPSA) is 73.1 Å². The largest absolute Gasteiger partial charge is 0.480 e. The first-order valence-electron chi connectivity index (χ1n) is 8.57. The van der Waals surface area contributed by atoms with Crippen molar-refractivity contribution in [2.75, 3.05) is 0 Å². The Morgan fingerprint density at radius 1 is 1.39 bits per heavy atom. The van der Waals surface area contributed by atoms with E-state index in [9.17, 15) is 15.2 Å². The molecule has 0 radical (unpaired) electrons. The Morgan fingerprint density at radius 3 is 2.57 bits per heavy atom. The monoisotopic (exact) mass is 314 g/mol. The summed E-state index contributed by atoms with van der Waals surface area (Å²) in [5.74, 6) is -0.765. The molecule has 0 amide bonds. The van der Waals surface area contributed by atoms with Crippen LogP contribution in [0.3, 0.4) is 0 Å². The molecule has 1 aliphatic rings. The molecule has 0 saturated heterocycles. The number of hydrogen-bond acceptors (Lipinski definition) is 3. The summed E-state index contributed by atoms with van der Waals surface area (Å²) in [7, 11) is 0. The maximum Gasteiger partial charge on any atom is 0.320 e. The van der Waals surface area contributed by atoms with Gasteiger partial charge in [-0.05, 0) is 37.7 Å². The molecule has 1 atom stereocenters. The van der Waals surface area contributed by atoms with Gasteiger partial charge in [-0.1, -0.05) is 50.1 Å². The van der Waals surface area contributed by atoms with E-state index in [-0.39, 0.29) is 6.04 Å². The van der Waals surface area contributed by atoms with E-state index in [1.807, 2.05) is 30.3 Å². The molecule has 1 aliphatic carbocycles. The van der Waals surface area contributed by atoms with Crippen LogP contribution in [0.5, 0.6) is 0 Å². The maximum atomic E-state index is 11.4. The van der Waals surface area contributed by atoms with Crippen LogP contribution in [-0.2, 0) is 10.2 Å². The van der Waals surface area contributed by atoms with E-state index in [0.29, 0.717) is 6.42 Å². The van der Waals surface area contributed by atoms with Gasteiger partial charge in [0.25, 0.3) is 0 Å². The van der Waals surface area contributed by atoms with Crippen LogP contribution in [0.2, 0.25) is 0 Å². The summed E-state index contributed by atoms with van der Waals surface area (Å²) < 4.78 is 0. The fourth-order valence-corrected chi connectivity index (χ4v) is 3.47. The number of benzene rings is 1. The Kier molecular flexibility index (Phi) is 6.18. The summed E-state index contributed by atoms with van der Waals surface area (Å²) in [4.78, 5) is 11.4. The third-order valence-corrected chi connectivity index (χ3v) is 4.96. The maximum absolute atomic E-state index is 11.4. The van der Waals surface area contributed by atoms with Crippen LogP contribution in [0.15, 0.2) is 30.3 Å². The Bertz CT molecular complexity index is 542. The van der Waals surface area contributed by atoms with E-state index in [1.165, 1.54) is 0 Å². The summed E-state index contributed by atoms with van der Waals surface area (Å²) >= 11 is 0. The van der Waals surface area contributed by atoms with E-state index in [2.05, 4.69) is 18.3 Å². The molecule has 0 bridgehead atoms. The summed E-state index contributed by atoms with van der Waals surface area (Å²) in [6.07, 6.45) is 5.85. The van der Waals surface area contributed by atoms with Crippen molar-refractivity contribution in [2.24, 2.45) is 0 Å². The molecule has 124 valence electrons. The van der Waals surface area contributed by atoms with Gasteiger partial charge in [-0.2, -0.15) is 5.26 Å². The van der Waals surface area contributed by atoms with Crippen molar-refractivity contribution in [3.05, 3.63) is 35.9 Å². The molecule has 1 fully saturated rings. The predicted molar refractivity (Wildman–Crippen MR) is 90.1 cm³/mol. The lowest BCUT2D eigenvalue weighted by Crippen LogP contribution is -2.46. The number of carboxylic acids is 1. The number of nitrogens with one attached hydrogen (secondary N) is 1. The molecule has 4 heteroatoms. The summed E-state index contributed by atoms with van der Waals surface area (Å²) in [6.45, 7) is 2.07. The molecule has 0 unspecified atom stereocenters. The zero-order chi connectivity index (χ0) is 16.7. The fourth-order valence-electron chi connectivity index (χ4n) is 3.47. The van der Waals surface area contributed by atoms with Crippen LogP contribution in [0, 0.1) is 11.3 Å². The summed E-state index contributed by atoms with van der Waals surface area (Å²) in [5, 5.41) is 22.3. The lowest BCUT2D eigenvalue weighted by molar-refractivity contribution is -0.140. The highest BCUT2D eigenvalue weighted by Crippen LogP contribution is 2.39. The van der Waals surface area contributed by atoms with Crippen molar-refractivity contribution in [3.8, 4) is 6.07 Å². The van der Waals surface area contributed by atoms with Crippen LogP contribution in [0.1, 0.15) is 57.4 Å². The van der Waals surface area contributed by atoms with Gasteiger partial charge in [0.1, 0.15) is 6.04 Å². The molecular formula is C19H26N2O2. The zero-order valence-corrected chi connectivity index (χ0v) is 13.8. The van der Waals surface area contributed by atoms with Crippen LogP contribution in [0.25, 0.3) is 0 Å². The van der Waals surface area contributed by atoms with Crippen molar-refractivity contribution in [1.29, 1.82) is 5.26 Å². The van der Waals surface area contributed by atoms with Gasteiger partial charge < -0.3 is 10.4 Å². The minimum atomic E-state index is -0.765. The summed E-state index contributed by atoms with van der Waals surface area (Å²) in [6, 6.07) is 12.2. The predicted octanol–water partition coefficient (Wildman–Crippen LogP) is 3.62. The number of carboxylic acid groups (broad SMARTS) is 1. The molecule has 0 aliphatic heterocycles. The minimum Gasteiger partial charge on any atom is -0.480 e. The molecule has 23 heavy (non-hydrogen) atoms. The second kappa shape index (κ2) is 8.12. The van der Waals surface area contributed by atoms with Gasteiger partial charge in [-0.25, -0.2) is 0 Å². The van der Waals surface area contributed by atoms with Crippen molar-refractivity contribution < 1.29 is 9.90 Å². The van der Waals surface area contributed by atoms with Crippen molar-refractivity contribution >= 4 is 5.97 Å². The highest BCUT2D eigenvalue weighted by Gasteiger charge is 2.37. The first-order valence-corrected chi connectivity index (χ1v) is 8.57. The number of carbonyl (C=O) groups is 1. The van der Waals surface area contributed by atoms with Crippen LogP contribution < -0.4 is 5.32 Å². The van der Waals surface area contributed by atoms with Crippen LogP contribution in [-0.4, -0.2) is 23.2 Å². The van der Waals surface area contributed by atoms with E-state index in [0.717, 1.165) is 44.1 Å². The number of hydrogen-bond donors (Lipinski definition) is 2. The summed E-state index contributed by atoms with van der Waals surface area (Å²) in [5.41, 5.74) is 0.670. The van der Waals surface area contributed by atoms with Crippen molar-refractivity contribution in [3.63, 3.8) is 0 Å². The Labute approximate surface area is 138 Å². The third kappa shape index (κ3) is 4.33. The van der Waals surface area contributed by atoms with Crippen molar-refractivity contribution in [2.45, 2.75) is 69.4 Å². The third-order valence-electron chi connectivity index (χ3n) is 4.96. The van der Waals surface area contributed by atoms with Crippen LogP contribution >= 0.6 is 0 Å². The van der Waals surface area contributed by atoms with Gasteiger partial charge in [0.15, 0.2) is 0 Å². The molecule has 0 spiro atoms. The molecule has 0 heterocycles. The molecule has 0 aromatic heterocycles. The number of nitrogens with zero attached hydrogens (tertiary/aromatic N) is 1. The van der Waals surface area contributed by atoms with Gasteiger partial charge in [-0.15, -0.1) is 0 Å². The SMILES string of the molecule is CCCC[C@H](NC1CCC(C#N)(c2ccccc2)CC1)C(=O)O. The second-order valence-electron chi connectivity index (χ2n) is 6.53. The number of aliphatic carboxylic acids is 1. The minimum absolute atomic E-state index is 0.193. The highest BCUT2D eigenvalue weighted by atomic mass is 16.4. The fraction of sp³-hybridized carbons (Fsp3) is 0.579. The average Bonchev–Trinajstić information content (AvgIpc) is 2.60. The molecular weight excluding hydrogens is 288 g/mol. The van der Waals surface area contributed by atoms with E-state index in [4.69, 9.17) is 0 Å². The molecule has 2 rings (SSSR count). The molecule has 1 aromatic rings. The zero-order valence-electron chi connectivity index (χ0n) is 13.8. The quantitative estimate of drug-likeness (QED) is 0.806. The standard InChI is InChI=1S/C19H26N2O2/c1-2-3-9-17(18(22)23)21-16-10-12-19(14-20,13-11-16)15-7-5-4-6-8-15/h4-8,16-17,21H,2-3,9-13H2,1H3,(H,22,23)/t16?,17-,19?/m0/s1. The lowest BCUT2D eigenvalue weighted by Gasteiger charge is -2.36. The number of unbranched alkanes of at least 4 members (excludes halogenated alkanes) is 1. The molecule has 4 nitrogen and oxygen atoms in total.